The molecular formula is C15H20N2O6S. The number of sulfonamides is 1. The quantitative estimate of drug-likeness (QED) is 0.669. The molecule has 1 amide bonds. The Morgan fingerprint density at radius 2 is 1.96 bits per heavy atom. The molecule has 1 aromatic rings. The lowest BCUT2D eigenvalue weighted by atomic mass is 10.3. The van der Waals surface area contributed by atoms with E-state index in [2.05, 4.69) is 5.32 Å². The summed E-state index contributed by atoms with van der Waals surface area (Å²) in [5.74, 6) is -0.596. The van der Waals surface area contributed by atoms with Crippen LogP contribution in [0.4, 0.5) is 5.69 Å². The number of rotatable bonds is 8. The van der Waals surface area contributed by atoms with Crippen LogP contribution in [0.2, 0.25) is 0 Å². The summed E-state index contributed by atoms with van der Waals surface area (Å²) in [6.07, 6.45) is 1.01. The Labute approximate surface area is 140 Å². The van der Waals surface area contributed by atoms with E-state index in [0.29, 0.717) is 37.4 Å². The first-order valence-electron chi connectivity index (χ1n) is 7.59. The molecule has 24 heavy (non-hydrogen) atoms. The molecule has 1 fully saturated rings. The molecule has 2 rings (SSSR count). The number of carbonyl (C=O) groups is 2. The van der Waals surface area contributed by atoms with Gasteiger partial charge in [-0.1, -0.05) is 0 Å². The van der Waals surface area contributed by atoms with Crippen LogP contribution in [0, 0.1) is 0 Å². The molecule has 0 aliphatic carbocycles. The van der Waals surface area contributed by atoms with Gasteiger partial charge in [0, 0.05) is 18.7 Å². The summed E-state index contributed by atoms with van der Waals surface area (Å²) in [6.45, 7) is 0.486. The van der Waals surface area contributed by atoms with E-state index in [9.17, 15) is 18.0 Å². The Balaban J connectivity index is 1.78. The fourth-order valence-corrected chi connectivity index (χ4v) is 3.75. The summed E-state index contributed by atoms with van der Waals surface area (Å²) in [5, 5.41) is 11.2. The van der Waals surface area contributed by atoms with Crippen LogP contribution in [-0.2, 0) is 19.6 Å². The van der Waals surface area contributed by atoms with E-state index >= 15 is 0 Å². The average molecular weight is 356 g/mol. The van der Waals surface area contributed by atoms with Crippen LogP contribution in [0.5, 0.6) is 5.75 Å². The minimum Gasteiger partial charge on any atom is -0.494 e. The Morgan fingerprint density at radius 1 is 1.25 bits per heavy atom. The lowest BCUT2D eigenvalue weighted by Gasteiger charge is -2.14. The van der Waals surface area contributed by atoms with Crippen molar-refractivity contribution in [1.82, 2.24) is 4.31 Å². The third-order valence-corrected chi connectivity index (χ3v) is 5.37. The maximum absolute atomic E-state index is 11.9. The molecule has 2 N–H and O–H groups in total. The molecule has 8 nitrogen and oxygen atoms in total. The summed E-state index contributed by atoms with van der Waals surface area (Å²) in [4.78, 5) is 22.3. The van der Waals surface area contributed by atoms with Crippen molar-refractivity contribution in [1.29, 1.82) is 0 Å². The minimum absolute atomic E-state index is 0.0492. The fourth-order valence-electron chi connectivity index (χ4n) is 2.28. The van der Waals surface area contributed by atoms with Gasteiger partial charge in [-0.25, -0.2) is 8.42 Å². The number of hydrogen-bond acceptors (Lipinski definition) is 5. The highest BCUT2D eigenvalue weighted by Gasteiger charge is 2.29. The van der Waals surface area contributed by atoms with Gasteiger partial charge in [0.1, 0.15) is 5.75 Å². The van der Waals surface area contributed by atoms with Crippen molar-refractivity contribution in [3.8, 4) is 5.75 Å². The topological polar surface area (TPSA) is 113 Å². The van der Waals surface area contributed by atoms with Crippen LogP contribution in [0.1, 0.15) is 19.3 Å². The van der Waals surface area contributed by atoms with Crippen LogP contribution in [0.15, 0.2) is 24.3 Å². The number of ether oxygens (including phenoxy) is 1. The van der Waals surface area contributed by atoms with Gasteiger partial charge in [0.05, 0.1) is 18.9 Å². The molecule has 0 radical (unpaired) electrons. The lowest BCUT2D eigenvalue weighted by Crippen LogP contribution is -2.34. The number of carboxylic acid groups (broad SMARTS) is 1. The molecule has 0 unspecified atom stereocenters. The van der Waals surface area contributed by atoms with Gasteiger partial charge in [0.25, 0.3) is 0 Å². The standard InChI is InChI=1S/C15H20N2O6S/c18-14(11-17-8-2-10-24(17,21)22)16-12-4-6-13(7-5-12)23-9-1-3-15(19)20/h4-7H,1-3,8-11H2,(H,16,18)(H,19,20). The monoisotopic (exact) mass is 356 g/mol. The third-order valence-electron chi connectivity index (χ3n) is 3.46. The predicted octanol–water partition coefficient (Wildman–Crippen LogP) is 0.904. The van der Waals surface area contributed by atoms with E-state index in [-0.39, 0.29) is 18.7 Å². The van der Waals surface area contributed by atoms with E-state index in [0.717, 1.165) is 0 Å². The van der Waals surface area contributed by atoms with E-state index in [1.807, 2.05) is 0 Å². The van der Waals surface area contributed by atoms with E-state index in [1.54, 1.807) is 24.3 Å². The van der Waals surface area contributed by atoms with Gasteiger partial charge < -0.3 is 15.2 Å². The van der Waals surface area contributed by atoms with Crippen molar-refractivity contribution >= 4 is 27.6 Å². The van der Waals surface area contributed by atoms with E-state index < -0.39 is 21.9 Å². The molecule has 1 aliphatic heterocycles. The minimum atomic E-state index is -3.29. The number of anilines is 1. The second-order valence-electron chi connectivity index (χ2n) is 5.42. The molecule has 0 saturated carbocycles. The zero-order valence-corrected chi connectivity index (χ0v) is 13.9. The van der Waals surface area contributed by atoms with E-state index in [1.165, 1.54) is 4.31 Å². The van der Waals surface area contributed by atoms with Crippen LogP contribution in [-0.4, -0.2) is 55.2 Å². The highest BCUT2D eigenvalue weighted by molar-refractivity contribution is 7.89. The molecule has 0 atom stereocenters. The van der Waals surface area contributed by atoms with Gasteiger partial charge in [-0.05, 0) is 37.1 Å². The van der Waals surface area contributed by atoms with Crippen LogP contribution < -0.4 is 10.1 Å². The largest absolute Gasteiger partial charge is 0.494 e. The van der Waals surface area contributed by atoms with Gasteiger partial charge >= 0.3 is 5.97 Å². The number of nitrogens with zero attached hydrogens (tertiary/aromatic N) is 1. The molecular weight excluding hydrogens is 336 g/mol. The molecule has 0 bridgehead atoms. The molecule has 0 aromatic heterocycles. The Hall–Kier alpha value is -2.13. The average Bonchev–Trinajstić information content (AvgIpc) is 2.84. The highest BCUT2D eigenvalue weighted by Crippen LogP contribution is 2.17. The first kappa shape index (κ1) is 18.2. The number of nitrogens with one attached hydrogen (secondary N) is 1. The van der Waals surface area contributed by atoms with Crippen LogP contribution >= 0.6 is 0 Å². The van der Waals surface area contributed by atoms with Crippen molar-refractivity contribution < 1.29 is 27.9 Å². The molecule has 1 saturated heterocycles. The zero-order chi connectivity index (χ0) is 17.6. The van der Waals surface area contributed by atoms with Gasteiger partial charge in [-0.15, -0.1) is 0 Å². The smallest absolute Gasteiger partial charge is 0.303 e. The second-order valence-corrected chi connectivity index (χ2v) is 7.51. The summed E-state index contributed by atoms with van der Waals surface area (Å²) < 4.78 is 29.9. The highest BCUT2D eigenvalue weighted by atomic mass is 32.2. The predicted molar refractivity (Wildman–Crippen MR) is 87.4 cm³/mol. The number of benzene rings is 1. The number of hydrogen-bond donors (Lipinski definition) is 2. The van der Waals surface area contributed by atoms with Gasteiger partial charge in [0.15, 0.2) is 0 Å². The van der Waals surface area contributed by atoms with Gasteiger partial charge in [0.2, 0.25) is 15.9 Å². The first-order chi connectivity index (χ1) is 11.4. The maximum Gasteiger partial charge on any atom is 0.303 e. The Kier molecular flexibility index (Phi) is 6.16. The van der Waals surface area contributed by atoms with Crippen LogP contribution in [0.25, 0.3) is 0 Å². The normalized spacial score (nSPS) is 16.7. The fraction of sp³-hybridized carbons (Fsp3) is 0.467. The van der Waals surface area contributed by atoms with Crippen LogP contribution in [0.3, 0.4) is 0 Å². The first-order valence-corrected chi connectivity index (χ1v) is 9.20. The zero-order valence-electron chi connectivity index (χ0n) is 13.1. The maximum atomic E-state index is 11.9. The molecule has 0 spiro atoms. The summed E-state index contributed by atoms with van der Waals surface area (Å²) >= 11 is 0. The Bertz CT molecular complexity index is 686. The molecule has 132 valence electrons. The van der Waals surface area contributed by atoms with E-state index in [4.69, 9.17) is 9.84 Å². The van der Waals surface area contributed by atoms with Gasteiger partial charge in [-0.2, -0.15) is 4.31 Å². The van der Waals surface area contributed by atoms with Crippen molar-refractivity contribution in [3.05, 3.63) is 24.3 Å². The van der Waals surface area contributed by atoms with Crippen molar-refractivity contribution in [2.75, 3.05) is 30.8 Å². The number of aliphatic carboxylic acids is 1. The number of amides is 1. The SMILES string of the molecule is O=C(O)CCCOc1ccc(NC(=O)CN2CCCS2(=O)=O)cc1. The number of carboxylic acids is 1. The second kappa shape index (κ2) is 8.11. The van der Waals surface area contributed by atoms with Gasteiger partial charge in [-0.3, -0.25) is 9.59 Å². The molecule has 1 aromatic carbocycles. The summed E-state index contributed by atoms with van der Waals surface area (Å²) in [5.41, 5.74) is 0.537. The van der Waals surface area contributed by atoms with Crippen molar-refractivity contribution in [2.45, 2.75) is 19.3 Å². The third kappa shape index (κ3) is 5.50. The number of carbonyl (C=O) groups excluding carboxylic acids is 1. The summed E-state index contributed by atoms with van der Waals surface area (Å²) in [6, 6.07) is 6.60. The molecule has 9 heteroatoms. The molecule has 1 heterocycles. The lowest BCUT2D eigenvalue weighted by molar-refractivity contribution is -0.137. The van der Waals surface area contributed by atoms with Crippen molar-refractivity contribution in [3.63, 3.8) is 0 Å². The van der Waals surface area contributed by atoms with Crippen molar-refractivity contribution in [2.24, 2.45) is 0 Å². The Morgan fingerprint density at radius 3 is 2.54 bits per heavy atom. The summed E-state index contributed by atoms with van der Waals surface area (Å²) in [7, 11) is -3.29. The molecule has 1 aliphatic rings.